The van der Waals surface area contributed by atoms with Gasteiger partial charge in [0.25, 0.3) is 0 Å². The molecule has 0 aliphatic carbocycles. The van der Waals surface area contributed by atoms with Crippen molar-refractivity contribution in [2.45, 2.75) is 19.9 Å². The lowest BCUT2D eigenvalue weighted by atomic mass is 10.2. The second kappa shape index (κ2) is 6.62. The van der Waals surface area contributed by atoms with E-state index in [4.69, 9.17) is 5.11 Å². The number of halogens is 1. The Kier molecular flexibility index (Phi) is 5.15. The van der Waals surface area contributed by atoms with Gasteiger partial charge in [0.2, 0.25) is 0 Å². The summed E-state index contributed by atoms with van der Waals surface area (Å²) in [6.45, 7) is 3.33. The molecule has 4 nitrogen and oxygen atoms in total. The number of aliphatic hydroxyl groups excluding tert-OH is 1. The van der Waals surface area contributed by atoms with Crippen LogP contribution in [0, 0.1) is 17.7 Å². The van der Waals surface area contributed by atoms with Crippen molar-refractivity contribution in [3.8, 4) is 11.8 Å². The Morgan fingerprint density at radius 1 is 1.50 bits per heavy atom. The average Bonchev–Trinajstić information content (AvgIpc) is 2.28. The number of hydrogen-bond donors (Lipinski definition) is 3. The van der Waals surface area contributed by atoms with Crippen molar-refractivity contribution in [3.05, 3.63) is 29.6 Å². The molecule has 0 fully saturated rings. The van der Waals surface area contributed by atoms with Crippen LogP contribution < -0.4 is 10.6 Å². The molecule has 0 aromatic heterocycles. The van der Waals surface area contributed by atoms with Crippen LogP contribution in [0.3, 0.4) is 0 Å². The first-order valence-electron chi connectivity index (χ1n) is 5.49. The lowest BCUT2D eigenvalue weighted by Crippen LogP contribution is -2.34. The molecular weight excluding hydrogens is 235 g/mol. The van der Waals surface area contributed by atoms with Gasteiger partial charge >= 0.3 is 6.03 Å². The van der Waals surface area contributed by atoms with E-state index >= 15 is 0 Å². The molecule has 18 heavy (non-hydrogen) atoms. The highest BCUT2D eigenvalue weighted by Crippen LogP contribution is 2.13. The lowest BCUT2D eigenvalue weighted by Gasteiger charge is -2.10. The molecule has 0 unspecified atom stereocenters. The third-order valence-electron chi connectivity index (χ3n) is 1.95. The first kappa shape index (κ1) is 14.0. The van der Waals surface area contributed by atoms with Crippen LogP contribution in [-0.4, -0.2) is 23.8 Å². The fourth-order valence-corrected chi connectivity index (χ4v) is 1.26. The number of urea groups is 1. The number of carbonyl (C=O) groups excluding carboxylic acids is 1. The van der Waals surface area contributed by atoms with E-state index in [-0.39, 0.29) is 24.2 Å². The fraction of sp³-hybridized carbons (Fsp3) is 0.308. The number of anilines is 1. The van der Waals surface area contributed by atoms with Crippen LogP contribution in [0.15, 0.2) is 18.2 Å². The Morgan fingerprint density at radius 2 is 2.22 bits per heavy atom. The number of aliphatic hydroxyl groups is 1. The van der Waals surface area contributed by atoms with E-state index in [2.05, 4.69) is 22.5 Å². The predicted molar refractivity (Wildman–Crippen MR) is 67.7 cm³/mol. The number of benzene rings is 1. The Bertz CT molecular complexity index is 489. The Balaban J connectivity index is 2.82. The van der Waals surface area contributed by atoms with E-state index in [1.54, 1.807) is 0 Å². The van der Waals surface area contributed by atoms with Gasteiger partial charge in [-0.1, -0.05) is 11.8 Å². The van der Waals surface area contributed by atoms with Crippen LogP contribution in [-0.2, 0) is 0 Å². The third-order valence-corrected chi connectivity index (χ3v) is 1.95. The van der Waals surface area contributed by atoms with E-state index < -0.39 is 5.82 Å². The van der Waals surface area contributed by atoms with Gasteiger partial charge in [-0.3, -0.25) is 0 Å². The topological polar surface area (TPSA) is 61.4 Å². The number of amides is 2. The smallest absolute Gasteiger partial charge is 0.319 e. The first-order chi connectivity index (χ1) is 8.52. The Labute approximate surface area is 105 Å². The molecule has 0 aliphatic heterocycles. The second-order valence-corrected chi connectivity index (χ2v) is 3.91. The molecule has 1 aromatic rings. The quantitative estimate of drug-likeness (QED) is 0.700. The van der Waals surface area contributed by atoms with E-state index in [9.17, 15) is 9.18 Å². The molecule has 0 saturated heterocycles. The van der Waals surface area contributed by atoms with Gasteiger partial charge in [0.15, 0.2) is 0 Å². The van der Waals surface area contributed by atoms with Crippen molar-refractivity contribution in [1.82, 2.24) is 5.32 Å². The van der Waals surface area contributed by atoms with Crippen molar-refractivity contribution in [3.63, 3.8) is 0 Å². The van der Waals surface area contributed by atoms with Crippen LogP contribution in [0.2, 0.25) is 0 Å². The summed E-state index contributed by atoms with van der Waals surface area (Å²) in [5.41, 5.74) is 0.572. The van der Waals surface area contributed by atoms with Crippen molar-refractivity contribution in [2.75, 3.05) is 11.9 Å². The normalized spacial score (nSPS) is 9.61. The molecular formula is C13H15FN2O2. The highest BCUT2D eigenvalue weighted by molar-refractivity contribution is 5.89. The maximum atomic E-state index is 13.3. The minimum Gasteiger partial charge on any atom is -0.384 e. The van der Waals surface area contributed by atoms with E-state index in [0.717, 1.165) is 0 Å². The minimum atomic E-state index is -0.495. The number of carbonyl (C=O) groups is 1. The average molecular weight is 250 g/mol. The number of rotatable bonds is 2. The van der Waals surface area contributed by atoms with Gasteiger partial charge in [-0.2, -0.15) is 0 Å². The van der Waals surface area contributed by atoms with Crippen LogP contribution in [0.4, 0.5) is 14.9 Å². The van der Waals surface area contributed by atoms with Crippen LogP contribution in [0.1, 0.15) is 19.4 Å². The van der Waals surface area contributed by atoms with Crippen molar-refractivity contribution >= 4 is 11.7 Å². The fourth-order valence-electron chi connectivity index (χ4n) is 1.26. The summed E-state index contributed by atoms with van der Waals surface area (Å²) < 4.78 is 13.3. The van der Waals surface area contributed by atoms with E-state index in [1.165, 1.54) is 18.2 Å². The first-order valence-corrected chi connectivity index (χ1v) is 5.49. The zero-order chi connectivity index (χ0) is 13.5. The molecule has 5 heteroatoms. The highest BCUT2D eigenvalue weighted by atomic mass is 19.1. The second-order valence-electron chi connectivity index (χ2n) is 3.91. The molecule has 3 N–H and O–H groups in total. The van der Waals surface area contributed by atoms with Crippen LogP contribution in [0.5, 0.6) is 0 Å². The van der Waals surface area contributed by atoms with E-state index in [0.29, 0.717) is 5.69 Å². The summed E-state index contributed by atoms with van der Waals surface area (Å²) in [6.07, 6.45) is 0. The maximum Gasteiger partial charge on any atom is 0.319 e. The summed E-state index contributed by atoms with van der Waals surface area (Å²) >= 11 is 0. The molecule has 0 saturated carbocycles. The monoisotopic (exact) mass is 250 g/mol. The molecule has 0 radical (unpaired) electrons. The zero-order valence-electron chi connectivity index (χ0n) is 10.2. The Hall–Kier alpha value is -2.06. The van der Waals surface area contributed by atoms with Crippen molar-refractivity contribution in [1.29, 1.82) is 0 Å². The zero-order valence-corrected chi connectivity index (χ0v) is 10.2. The molecule has 0 aliphatic rings. The molecule has 0 spiro atoms. The van der Waals surface area contributed by atoms with Crippen molar-refractivity contribution in [2.24, 2.45) is 0 Å². The molecule has 96 valence electrons. The number of nitrogens with one attached hydrogen (secondary N) is 2. The molecule has 0 heterocycles. The van der Waals surface area contributed by atoms with Gasteiger partial charge in [0.05, 0.1) is 5.56 Å². The third kappa shape index (κ3) is 4.44. The molecule has 1 rings (SSSR count). The largest absolute Gasteiger partial charge is 0.384 e. The summed E-state index contributed by atoms with van der Waals surface area (Å²) in [5.74, 6) is 4.33. The molecule has 1 aromatic carbocycles. The maximum absolute atomic E-state index is 13.3. The summed E-state index contributed by atoms with van der Waals surface area (Å²) in [6, 6.07) is 3.72. The molecule has 0 atom stereocenters. The lowest BCUT2D eigenvalue weighted by molar-refractivity contribution is 0.250. The van der Waals surface area contributed by atoms with E-state index in [1.807, 2.05) is 13.8 Å². The highest BCUT2D eigenvalue weighted by Gasteiger charge is 2.05. The van der Waals surface area contributed by atoms with Gasteiger partial charge in [-0.05, 0) is 32.0 Å². The SMILES string of the molecule is CC(C)NC(=O)Nc1ccc(F)c(C#CCO)c1. The van der Waals surface area contributed by atoms with Gasteiger partial charge in [0, 0.05) is 11.7 Å². The Morgan fingerprint density at radius 3 is 2.83 bits per heavy atom. The minimum absolute atomic E-state index is 0.0131. The van der Waals surface area contributed by atoms with Gasteiger partial charge in [-0.15, -0.1) is 0 Å². The summed E-state index contributed by atoms with van der Waals surface area (Å²) in [5, 5.41) is 13.8. The molecule has 2 amide bonds. The summed E-state index contributed by atoms with van der Waals surface area (Å²) in [7, 11) is 0. The standard InChI is InChI=1S/C13H15FN2O2/c1-9(2)15-13(18)16-11-5-6-12(14)10(8-11)4-3-7-17/h5-6,8-9,17H,7H2,1-2H3,(H2,15,16,18). The van der Waals surface area contributed by atoms with Crippen LogP contribution >= 0.6 is 0 Å². The van der Waals surface area contributed by atoms with Crippen LogP contribution in [0.25, 0.3) is 0 Å². The van der Waals surface area contributed by atoms with Gasteiger partial charge in [0.1, 0.15) is 12.4 Å². The van der Waals surface area contributed by atoms with Gasteiger partial charge < -0.3 is 15.7 Å². The summed E-state index contributed by atoms with van der Waals surface area (Å²) in [4.78, 5) is 11.4. The predicted octanol–water partition coefficient (Wildman–Crippen LogP) is 1.70. The molecule has 0 bridgehead atoms. The number of hydrogen-bond acceptors (Lipinski definition) is 2. The van der Waals surface area contributed by atoms with Gasteiger partial charge in [-0.25, -0.2) is 9.18 Å². The van der Waals surface area contributed by atoms with Crippen molar-refractivity contribution < 1.29 is 14.3 Å².